The van der Waals surface area contributed by atoms with E-state index in [2.05, 4.69) is 5.16 Å². The van der Waals surface area contributed by atoms with Crippen LogP contribution in [0.2, 0.25) is 0 Å². The van der Waals surface area contributed by atoms with Gasteiger partial charge in [0.2, 0.25) is 0 Å². The first kappa shape index (κ1) is 16.9. The molecular weight excluding hydrogens is 286 g/mol. The zero-order valence-electron chi connectivity index (χ0n) is 11.8. The Morgan fingerprint density at radius 1 is 1.10 bits per heavy atom. The number of carbonyl (C=O) groups excluding carboxylic acids is 3. The number of hydrogen-bond donors (Lipinski definition) is 1. The van der Waals surface area contributed by atoms with Crippen LogP contribution in [-0.2, 0) is 33.3 Å². The third kappa shape index (κ3) is 5.03. The van der Waals surface area contributed by atoms with Gasteiger partial charge in [-0.15, -0.1) is 0 Å². The van der Waals surface area contributed by atoms with E-state index in [-0.39, 0.29) is 6.61 Å². The van der Waals surface area contributed by atoms with Crippen molar-refractivity contribution in [2.75, 3.05) is 6.61 Å². The third-order valence-corrected chi connectivity index (χ3v) is 2.61. The van der Waals surface area contributed by atoms with E-state index in [0.717, 1.165) is 6.21 Å². The van der Waals surface area contributed by atoms with Gasteiger partial charge in [-0.1, -0.05) is 5.16 Å². The zero-order valence-corrected chi connectivity index (χ0v) is 11.8. The van der Waals surface area contributed by atoms with Gasteiger partial charge in [-0.05, 0) is 0 Å². The van der Waals surface area contributed by atoms with E-state index in [1.54, 1.807) is 0 Å². The maximum Gasteiger partial charge on any atom is 0.303 e. The van der Waals surface area contributed by atoms with Crippen LogP contribution in [0.3, 0.4) is 0 Å². The molecule has 1 fully saturated rings. The van der Waals surface area contributed by atoms with Crippen molar-refractivity contribution in [2.24, 2.45) is 5.16 Å². The lowest BCUT2D eigenvalue weighted by molar-refractivity contribution is -0.165. The van der Waals surface area contributed by atoms with Crippen LogP contribution in [0.4, 0.5) is 0 Å². The van der Waals surface area contributed by atoms with E-state index in [4.69, 9.17) is 24.2 Å². The molecular formula is C12H17NO8. The molecule has 4 atom stereocenters. The van der Waals surface area contributed by atoms with Gasteiger partial charge < -0.3 is 24.2 Å². The minimum atomic E-state index is -0.997. The Balaban J connectivity index is 2.92. The topological polar surface area (TPSA) is 121 Å². The van der Waals surface area contributed by atoms with Crippen LogP contribution in [0.5, 0.6) is 0 Å². The minimum absolute atomic E-state index is 0.194. The molecule has 9 nitrogen and oxygen atoms in total. The predicted octanol–water partition coefficient (Wildman–Crippen LogP) is -0.360. The highest BCUT2D eigenvalue weighted by molar-refractivity contribution is 5.70. The molecule has 0 amide bonds. The molecule has 0 bridgehead atoms. The lowest BCUT2D eigenvalue weighted by Gasteiger charge is -2.22. The molecule has 0 aromatic carbocycles. The Kier molecular flexibility index (Phi) is 6.10. The highest BCUT2D eigenvalue weighted by Gasteiger charge is 2.49. The molecule has 0 radical (unpaired) electrons. The molecule has 1 rings (SSSR count). The van der Waals surface area contributed by atoms with Gasteiger partial charge in [-0.25, -0.2) is 0 Å². The van der Waals surface area contributed by atoms with E-state index >= 15 is 0 Å². The maximum atomic E-state index is 11.2. The minimum Gasteiger partial charge on any atom is -0.463 e. The smallest absolute Gasteiger partial charge is 0.303 e. The number of nitrogens with zero attached hydrogens (tertiary/aromatic N) is 1. The fourth-order valence-corrected chi connectivity index (χ4v) is 1.93. The summed E-state index contributed by atoms with van der Waals surface area (Å²) in [5.41, 5.74) is 0. The van der Waals surface area contributed by atoms with Crippen molar-refractivity contribution in [3.63, 3.8) is 0 Å². The predicted molar refractivity (Wildman–Crippen MR) is 66.7 cm³/mol. The van der Waals surface area contributed by atoms with E-state index in [0.29, 0.717) is 0 Å². The monoisotopic (exact) mass is 303 g/mol. The Morgan fingerprint density at radius 3 is 2.14 bits per heavy atom. The number of carbonyl (C=O) groups is 3. The summed E-state index contributed by atoms with van der Waals surface area (Å²) in [4.78, 5) is 33.2. The molecule has 9 heteroatoms. The second kappa shape index (κ2) is 7.58. The van der Waals surface area contributed by atoms with Crippen LogP contribution in [0, 0.1) is 0 Å². The van der Waals surface area contributed by atoms with E-state index in [1.165, 1.54) is 20.8 Å². The first-order chi connectivity index (χ1) is 9.85. The standard InChI is InChI=1S/C12H17NO8/c1-6(14)18-5-10-12(20-8(3)16)11(19-7(2)15)9(21-10)4-13-17/h4,9-12,17H,5H2,1-3H3/b13-4-/t9-,10-,11+,12-/m1/s1. The number of ether oxygens (including phenoxy) is 4. The van der Waals surface area contributed by atoms with Crippen molar-refractivity contribution in [3.05, 3.63) is 0 Å². The first-order valence-electron chi connectivity index (χ1n) is 6.16. The average molecular weight is 303 g/mol. The first-order valence-corrected chi connectivity index (χ1v) is 6.16. The third-order valence-electron chi connectivity index (χ3n) is 2.61. The van der Waals surface area contributed by atoms with Gasteiger partial charge in [0.1, 0.15) is 18.8 Å². The van der Waals surface area contributed by atoms with Gasteiger partial charge in [-0.3, -0.25) is 14.4 Å². The highest BCUT2D eigenvalue weighted by atomic mass is 16.6. The Bertz CT molecular complexity index is 435. The van der Waals surface area contributed by atoms with E-state index in [1.807, 2.05) is 0 Å². The molecule has 1 N–H and O–H groups in total. The fourth-order valence-electron chi connectivity index (χ4n) is 1.93. The van der Waals surface area contributed by atoms with Gasteiger partial charge in [0, 0.05) is 20.8 Å². The lowest BCUT2D eigenvalue weighted by Crippen LogP contribution is -2.41. The van der Waals surface area contributed by atoms with Crippen molar-refractivity contribution in [1.29, 1.82) is 0 Å². The van der Waals surface area contributed by atoms with Crippen LogP contribution in [-0.4, -0.2) is 60.4 Å². The molecule has 0 aromatic heterocycles. The molecule has 21 heavy (non-hydrogen) atoms. The van der Waals surface area contributed by atoms with Gasteiger partial charge in [0.05, 0.1) is 6.21 Å². The van der Waals surface area contributed by atoms with Gasteiger partial charge in [0.25, 0.3) is 0 Å². The molecule has 1 aliphatic rings. The summed E-state index contributed by atoms with van der Waals surface area (Å²) in [6.45, 7) is 3.38. The summed E-state index contributed by atoms with van der Waals surface area (Å²) in [7, 11) is 0. The van der Waals surface area contributed by atoms with Gasteiger partial charge in [-0.2, -0.15) is 0 Å². The Labute approximate surface area is 120 Å². The Morgan fingerprint density at radius 2 is 1.67 bits per heavy atom. The number of oxime groups is 1. The zero-order chi connectivity index (χ0) is 16.0. The molecule has 1 heterocycles. The van der Waals surface area contributed by atoms with Crippen LogP contribution < -0.4 is 0 Å². The van der Waals surface area contributed by atoms with Crippen molar-refractivity contribution < 1.29 is 38.5 Å². The Hall–Kier alpha value is -2.16. The second-order valence-electron chi connectivity index (χ2n) is 4.35. The number of hydrogen-bond acceptors (Lipinski definition) is 9. The van der Waals surface area contributed by atoms with Crippen molar-refractivity contribution >= 4 is 24.1 Å². The van der Waals surface area contributed by atoms with Crippen LogP contribution in [0.25, 0.3) is 0 Å². The van der Waals surface area contributed by atoms with Gasteiger partial charge >= 0.3 is 17.9 Å². The second-order valence-corrected chi connectivity index (χ2v) is 4.35. The van der Waals surface area contributed by atoms with E-state index in [9.17, 15) is 14.4 Å². The van der Waals surface area contributed by atoms with Crippen molar-refractivity contribution in [2.45, 2.75) is 45.2 Å². The van der Waals surface area contributed by atoms with Crippen molar-refractivity contribution in [3.8, 4) is 0 Å². The molecule has 118 valence electrons. The van der Waals surface area contributed by atoms with Crippen molar-refractivity contribution in [1.82, 2.24) is 0 Å². The maximum absolute atomic E-state index is 11.2. The molecule has 0 spiro atoms. The van der Waals surface area contributed by atoms with E-state index < -0.39 is 42.3 Å². The largest absolute Gasteiger partial charge is 0.463 e. The highest BCUT2D eigenvalue weighted by Crippen LogP contribution is 2.26. The van der Waals surface area contributed by atoms with Crippen LogP contribution >= 0.6 is 0 Å². The lowest BCUT2D eigenvalue weighted by atomic mass is 10.1. The molecule has 1 saturated heterocycles. The summed E-state index contributed by atoms with van der Waals surface area (Å²) in [6.07, 6.45) is -2.75. The summed E-state index contributed by atoms with van der Waals surface area (Å²) >= 11 is 0. The molecule has 1 aliphatic heterocycles. The van der Waals surface area contributed by atoms with Gasteiger partial charge in [0.15, 0.2) is 12.2 Å². The number of esters is 3. The average Bonchev–Trinajstić information content (AvgIpc) is 2.65. The molecule has 0 saturated carbocycles. The summed E-state index contributed by atoms with van der Waals surface area (Å²) in [6, 6.07) is 0. The quantitative estimate of drug-likeness (QED) is 0.240. The van der Waals surface area contributed by atoms with Crippen LogP contribution in [0.15, 0.2) is 5.16 Å². The normalized spacial score (nSPS) is 28.3. The molecule has 0 unspecified atom stereocenters. The molecule has 0 aliphatic carbocycles. The summed E-state index contributed by atoms with van der Waals surface area (Å²) in [5, 5.41) is 11.4. The molecule has 0 aromatic rings. The van der Waals surface area contributed by atoms with Crippen LogP contribution in [0.1, 0.15) is 20.8 Å². The summed E-state index contributed by atoms with van der Waals surface area (Å²) in [5.74, 6) is -1.77. The number of rotatable bonds is 5. The summed E-state index contributed by atoms with van der Waals surface area (Å²) < 4.78 is 20.4. The fraction of sp³-hybridized carbons (Fsp3) is 0.667. The SMILES string of the molecule is CC(=O)OC[C@H]1O[C@H](/C=N\O)[C@H](OC(C)=O)[C@@H]1OC(C)=O.